The van der Waals surface area contributed by atoms with Gasteiger partial charge < -0.3 is 25.4 Å². The zero-order valence-electron chi connectivity index (χ0n) is 19.1. The molecule has 0 saturated heterocycles. The van der Waals surface area contributed by atoms with Crippen LogP contribution in [0.25, 0.3) is 0 Å². The first-order chi connectivity index (χ1) is 14.5. The Morgan fingerprint density at radius 3 is 2.35 bits per heavy atom. The summed E-state index contributed by atoms with van der Waals surface area (Å²) >= 11 is 0. The average molecular weight is 434 g/mol. The van der Waals surface area contributed by atoms with Crippen LogP contribution in [-0.4, -0.2) is 52.6 Å². The van der Waals surface area contributed by atoms with Crippen LogP contribution in [0.2, 0.25) is 0 Å². The Labute approximate surface area is 184 Å². The third-order valence-electron chi connectivity index (χ3n) is 4.31. The lowest BCUT2D eigenvalue weighted by atomic mass is 10.0. The summed E-state index contributed by atoms with van der Waals surface area (Å²) in [7, 11) is 0. The molecule has 0 aliphatic heterocycles. The van der Waals surface area contributed by atoms with E-state index in [1.54, 1.807) is 32.9 Å². The molecule has 0 aromatic heterocycles. The fraction of sp³-hybridized carbons (Fsp3) is 0.522. The van der Waals surface area contributed by atoms with E-state index in [-0.39, 0.29) is 18.2 Å². The number of hydrogen-bond acceptors (Lipinski definition) is 5. The van der Waals surface area contributed by atoms with Crippen LogP contribution >= 0.6 is 0 Å². The number of alkyl carbamates (subject to hydrolysis) is 1. The van der Waals surface area contributed by atoms with Crippen molar-refractivity contribution < 1.29 is 24.2 Å². The number of aromatic hydroxyl groups is 1. The monoisotopic (exact) mass is 433 g/mol. The van der Waals surface area contributed by atoms with Gasteiger partial charge in [0.05, 0.1) is 0 Å². The molecule has 0 aliphatic rings. The van der Waals surface area contributed by atoms with E-state index in [9.17, 15) is 19.5 Å². The third-order valence-corrected chi connectivity index (χ3v) is 4.31. The van der Waals surface area contributed by atoms with Crippen molar-refractivity contribution in [1.82, 2.24) is 15.5 Å². The van der Waals surface area contributed by atoms with Crippen LogP contribution in [0.15, 0.2) is 36.9 Å². The number of benzene rings is 1. The summed E-state index contributed by atoms with van der Waals surface area (Å²) < 4.78 is 5.22. The Kier molecular flexibility index (Phi) is 10.0. The highest BCUT2D eigenvalue weighted by Crippen LogP contribution is 2.24. The van der Waals surface area contributed by atoms with Gasteiger partial charge in [-0.3, -0.25) is 9.59 Å². The first-order valence-electron chi connectivity index (χ1n) is 10.5. The number of amides is 3. The second-order valence-corrected chi connectivity index (χ2v) is 8.29. The Hall–Kier alpha value is -3.03. The van der Waals surface area contributed by atoms with E-state index in [4.69, 9.17) is 4.74 Å². The normalized spacial score (nSPS) is 12.9. The molecule has 0 heterocycles. The first kappa shape index (κ1) is 26.0. The van der Waals surface area contributed by atoms with Crippen LogP contribution in [0, 0.1) is 0 Å². The van der Waals surface area contributed by atoms with Crippen molar-refractivity contribution in [2.24, 2.45) is 0 Å². The van der Waals surface area contributed by atoms with Gasteiger partial charge in [-0.15, -0.1) is 6.58 Å². The highest BCUT2D eigenvalue weighted by atomic mass is 16.6. The van der Waals surface area contributed by atoms with Crippen molar-refractivity contribution in [3.05, 3.63) is 42.5 Å². The summed E-state index contributed by atoms with van der Waals surface area (Å²) in [5, 5.41) is 15.0. The van der Waals surface area contributed by atoms with Gasteiger partial charge in [0.25, 0.3) is 0 Å². The van der Waals surface area contributed by atoms with Crippen LogP contribution < -0.4 is 10.6 Å². The maximum Gasteiger partial charge on any atom is 0.408 e. The van der Waals surface area contributed by atoms with E-state index in [0.717, 1.165) is 12.8 Å². The fourth-order valence-electron chi connectivity index (χ4n) is 2.87. The lowest BCUT2D eigenvalue weighted by molar-refractivity contribution is -0.141. The second kappa shape index (κ2) is 12.0. The number of carbonyl (C=O) groups excluding carboxylic acids is 3. The molecule has 1 rings (SSSR count). The minimum atomic E-state index is -0.953. The summed E-state index contributed by atoms with van der Waals surface area (Å²) in [5.74, 6) is -0.760. The van der Waals surface area contributed by atoms with Crippen molar-refractivity contribution in [3.8, 4) is 5.75 Å². The van der Waals surface area contributed by atoms with Gasteiger partial charge in [0.2, 0.25) is 11.8 Å². The van der Waals surface area contributed by atoms with Crippen LogP contribution in [0.4, 0.5) is 4.79 Å². The molecule has 0 radical (unpaired) electrons. The predicted octanol–water partition coefficient (Wildman–Crippen LogP) is 3.28. The standard InChI is InChI=1S/C23H35N3O5/c1-7-9-14-24-20(28)19(17-10-12-18(27)13-11-17)26(15-8-2)21(29)16(3)25-22(30)31-23(4,5)6/h8,10-13,16,19,27H,2,7,9,14-15H2,1,3-6H3,(H,24,28)(H,25,30). The lowest BCUT2D eigenvalue weighted by Crippen LogP contribution is -2.52. The molecule has 0 saturated carbocycles. The van der Waals surface area contributed by atoms with Gasteiger partial charge in [0.15, 0.2) is 0 Å². The number of nitrogens with one attached hydrogen (secondary N) is 2. The first-order valence-corrected chi connectivity index (χ1v) is 10.5. The second-order valence-electron chi connectivity index (χ2n) is 8.29. The molecule has 0 aliphatic carbocycles. The Morgan fingerprint density at radius 1 is 1.23 bits per heavy atom. The minimum absolute atomic E-state index is 0.0513. The molecule has 8 heteroatoms. The van der Waals surface area contributed by atoms with Gasteiger partial charge >= 0.3 is 6.09 Å². The molecule has 0 bridgehead atoms. The number of rotatable bonds is 10. The molecule has 2 unspecified atom stereocenters. The Bertz CT molecular complexity index is 755. The molecule has 8 nitrogen and oxygen atoms in total. The van der Waals surface area contributed by atoms with E-state index in [2.05, 4.69) is 17.2 Å². The quantitative estimate of drug-likeness (QED) is 0.388. The molecule has 3 amide bonds. The average Bonchev–Trinajstić information content (AvgIpc) is 2.67. The zero-order valence-corrected chi connectivity index (χ0v) is 19.1. The molecular weight excluding hydrogens is 398 g/mol. The smallest absolute Gasteiger partial charge is 0.408 e. The van der Waals surface area contributed by atoms with E-state index < -0.39 is 29.7 Å². The molecule has 1 aromatic carbocycles. The number of ether oxygens (including phenoxy) is 1. The van der Waals surface area contributed by atoms with Crippen LogP contribution in [0.1, 0.15) is 59.1 Å². The van der Waals surface area contributed by atoms with Gasteiger partial charge in [0, 0.05) is 13.1 Å². The predicted molar refractivity (Wildman–Crippen MR) is 120 cm³/mol. The molecule has 0 fully saturated rings. The van der Waals surface area contributed by atoms with Crippen LogP contribution in [0.5, 0.6) is 5.75 Å². The molecular formula is C23H35N3O5. The van der Waals surface area contributed by atoms with E-state index in [1.807, 2.05) is 6.92 Å². The number of unbranched alkanes of at least 4 members (excludes halogenated alkanes) is 1. The van der Waals surface area contributed by atoms with Crippen LogP contribution in [0.3, 0.4) is 0 Å². The summed E-state index contributed by atoms with van der Waals surface area (Å²) in [4.78, 5) is 39.7. The molecule has 3 N–H and O–H groups in total. The van der Waals surface area contributed by atoms with Gasteiger partial charge in [-0.05, 0) is 51.8 Å². The maximum absolute atomic E-state index is 13.2. The summed E-state index contributed by atoms with van der Waals surface area (Å²) in [5.41, 5.74) is -0.173. The fourth-order valence-corrected chi connectivity index (χ4v) is 2.87. The van der Waals surface area contributed by atoms with Crippen molar-refractivity contribution >= 4 is 17.9 Å². The maximum atomic E-state index is 13.2. The van der Waals surface area contributed by atoms with E-state index >= 15 is 0 Å². The SMILES string of the molecule is C=CCN(C(=O)C(C)NC(=O)OC(C)(C)C)C(C(=O)NCCCC)c1ccc(O)cc1. The minimum Gasteiger partial charge on any atom is -0.508 e. The summed E-state index contributed by atoms with van der Waals surface area (Å²) in [6, 6.07) is 4.22. The summed E-state index contributed by atoms with van der Waals surface area (Å²) in [6.45, 7) is 13.0. The van der Waals surface area contributed by atoms with Crippen molar-refractivity contribution in [1.29, 1.82) is 0 Å². The summed E-state index contributed by atoms with van der Waals surface area (Å²) in [6.07, 6.45) is 2.52. The van der Waals surface area contributed by atoms with Crippen molar-refractivity contribution in [3.63, 3.8) is 0 Å². The Morgan fingerprint density at radius 2 is 1.84 bits per heavy atom. The van der Waals surface area contributed by atoms with E-state index in [1.165, 1.54) is 30.0 Å². The van der Waals surface area contributed by atoms with Crippen molar-refractivity contribution in [2.45, 2.75) is 65.1 Å². The third kappa shape index (κ3) is 8.70. The largest absolute Gasteiger partial charge is 0.508 e. The van der Waals surface area contributed by atoms with E-state index in [0.29, 0.717) is 12.1 Å². The molecule has 172 valence electrons. The highest BCUT2D eigenvalue weighted by molar-refractivity contribution is 5.92. The van der Waals surface area contributed by atoms with Gasteiger partial charge in [-0.25, -0.2) is 4.79 Å². The highest BCUT2D eigenvalue weighted by Gasteiger charge is 2.34. The van der Waals surface area contributed by atoms with Gasteiger partial charge in [-0.1, -0.05) is 31.6 Å². The van der Waals surface area contributed by atoms with Gasteiger partial charge in [0.1, 0.15) is 23.4 Å². The number of phenols is 1. The molecule has 1 aromatic rings. The topological polar surface area (TPSA) is 108 Å². The number of hydrogen-bond donors (Lipinski definition) is 3. The lowest BCUT2D eigenvalue weighted by Gasteiger charge is -2.33. The Balaban J connectivity index is 3.17. The van der Waals surface area contributed by atoms with Crippen molar-refractivity contribution in [2.75, 3.05) is 13.1 Å². The number of carbonyl (C=O) groups is 3. The number of nitrogens with zero attached hydrogens (tertiary/aromatic N) is 1. The molecule has 2 atom stereocenters. The van der Waals surface area contributed by atoms with Gasteiger partial charge in [-0.2, -0.15) is 0 Å². The van der Waals surface area contributed by atoms with Crippen LogP contribution in [-0.2, 0) is 14.3 Å². The molecule has 31 heavy (non-hydrogen) atoms. The zero-order chi connectivity index (χ0) is 23.6. The number of phenolic OH excluding ortho intramolecular Hbond substituents is 1. The molecule has 0 spiro atoms.